The Hall–Kier alpha value is -3.02. The number of anilines is 2. The third-order valence-corrected chi connectivity index (χ3v) is 3.74. The molecule has 2 aromatic carbocycles. The molecule has 0 saturated heterocycles. The van der Waals surface area contributed by atoms with Gasteiger partial charge < -0.3 is 20.1 Å². The molecule has 1 atom stereocenters. The number of amides is 2. The summed E-state index contributed by atoms with van der Waals surface area (Å²) >= 11 is 0. The van der Waals surface area contributed by atoms with Crippen LogP contribution in [-0.4, -0.2) is 24.5 Å². The fourth-order valence-corrected chi connectivity index (χ4v) is 2.44. The molecule has 6 nitrogen and oxygen atoms in total. The second-order valence-electron chi connectivity index (χ2n) is 5.79. The first-order valence-electron chi connectivity index (χ1n) is 8.22. The zero-order valence-electron chi connectivity index (χ0n) is 14.2. The number of carbonyl (C=O) groups excluding carboxylic acids is 2. The maximum absolute atomic E-state index is 12.4. The van der Waals surface area contributed by atoms with Gasteiger partial charge in [-0.05, 0) is 49.7 Å². The molecule has 2 amide bonds. The largest absolute Gasteiger partial charge is 0.494 e. The molecule has 1 heterocycles. The number of ether oxygens (including phenoxy) is 2. The van der Waals surface area contributed by atoms with Crippen molar-refractivity contribution in [3.05, 3.63) is 48.0 Å². The Morgan fingerprint density at radius 3 is 2.92 bits per heavy atom. The number of hydrogen-bond acceptors (Lipinski definition) is 4. The van der Waals surface area contributed by atoms with Gasteiger partial charge in [0.15, 0.2) is 6.10 Å². The smallest absolute Gasteiger partial charge is 0.265 e. The molecule has 2 aromatic rings. The topological polar surface area (TPSA) is 76.7 Å². The van der Waals surface area contributed by atoms with Crippen LogP contribution in [0.25, 0.3) is 0 Å². The lowest BCUT2D eigenvalue weighted by Gasteiger charge is -2.23. The predicted molar refractivity (Wildman–Crippen MR) is 95.3 cm³/mol. The third-order valence-electron chi connectivity index (χ3n) is 3.74. The first kappa shape index (κ1) is 16.8. The van der Waals surface area contributed by atoms with Crippen LogP contribution in [0.2, 0.25) is 0 Å². The van der Waals surface area contributed by atoms with Gasteiger partial charge in [-0.15, -0.1) is 0 Å². The predicted octanol–water partition coefficient (Wildman–Crippen LogP) is 3.45. The maximum Gasteiger partial charge on any atom is 0.265 e. The molecule has 0 saturated carbocycles. The van der Waals surface area contributed by atoms with Gasteiger partial charge in [0.2, 0.25) is 0 Å². The molecular weight excluding hydrogens is 320 g/mol. The van der Waals surface area contributed by atoms with Crippen molar-refractivity contribution in [3.8, 4) is 11.5 Å². The molecule has 0 spiro atoms. The van der Waals surface area contributed by atoms with Crippen LogP contribution >= 0.6 is 0 Å². The summed E-state index contributed by atoms with van der Waals surface area (Å²) in [6.45, 7) is 4.31. The summed E-state index contributed by atoms with van der Waals surface area (Å²) in [7, 11) is 0. The lowest BCUT2D eigenvalue weighted by Crippen LogP contribution is -2.34. The molecular formula is C19H20N2O4. The van der Waals surface area contributed by atoms with E-state index in [1.165, 1.54) is 0 Å². The number of benzene rings is 2. The van der Waals surface area contributed by atoms with Gasteiger partial charge in [-0.3, -0.25) is 9.59 Å². The zero-order chi connectivity index (χ0) is 17.8. The van der Waals surface area contributed by atoms with E-state index in [0.717, 1.165) is 6.42 Å². The van der Waals surface area contributed by atoms with Gasteiger partial charge in [-0.25, -0.2) is 0 Å². The van der Waals surface area contributed by atoms with Crippen LogP contribution in [0.5, 0.6) is 11.5 Å². The number of hydrogen-bond donors (Lipinski definition) is 2. The highest BCUT2D eigenvalue weighted by Gasteiger charge is 2.23. The zero-order valence-corrected chi connectivity index (χ0v) is 14.2. The summed E-state index contributed by atoms with van der Waals surface area (Å²) in [6.07, 6.45) is 0.372. The van der Waals surface area contributed by atoms with Crippen molar-refractivity contribution in [2.45, 2.75) is 26.4 Å². The summed E-state index contributed by atoms with van der Waals surface area (Å²) < 4.78 is 11.0. The van der Waals surface area contributed by atoms with Crippen LogP contribution < -0.4 is 20.1 Å². The highest BCUT2D eigenvalue weighted by atomic mass is 16.5. The molecule has 0 radical (unpaired) electrons. The molecule has 0 bridgehead atoms. The van der Waals surface area contributed by atoms with Crippen LogP contribution in [0, 0.1) is 0 Å². The minimum Gasteiger partial charge on any atom is -0.494 e. The normalized spacial score (nSPS) is 15.6. The Bertz CT molecular complexity index is 804. The highest BCUT2D eigenvalue weighted by molar-refractivity contribution is 6.05. The van der Waals surface area contributed by atoms with Crippen molar-refractivity contribution in [1.29, 1.82) is 0 Å². The lowest BCUT2D eigenvalue weighted by atomic mass is 10.1. The Labute approximate surface area is 146 Å². The van der Waals surface area contributed by atoms with E-state index in [0.29, 0.717) is 35.0 Å². The monoisotopic (exact) mass is 340 g/mol. The molecule has 0 unspecified atom stereocenters. The summed E-state index contributed by atoms with van der Waals surface area (Å²) in [4.78, 5) is 24.1. The minimum absolute atomic E-state index is 0.211. The van der Waals surface area contributed by atoms with Gasteiger partial charge in [0.1, 0.15) is 11.5 Å². The Balaban J connectivity index is 1.73. The van der Waals surface area contributed by atoms with Gasteiger partial charge in [0.05, 0.1) is 12.3 Å². The van der Waals surface area contributed by atoms with Crippen molar-refractivity contribution >= 4 is 23.2 Å². The number of rotatable bonds is 5. The Morgan fingerprint density at radius 1 is 1.28 bits per heavy atom. The van der Waals surface area contributed by atoms with Crippen LogP contribution in [-0.2, 0) is 4.79 Å². The fraction of sp³-hybridized carbons (Fsp3) is 0.263. The van der Waals surface area contributed by atoms with Gasteiger partial charge >= 0.3 is 0 Å². The molecule has 1 aliphatic heterocycles. The van der Waals surface area contributed by atoms with Gasteiger partial charge in [-0.2, -0.15) is 0 Å². The molecule has 6 heteroatoms. The molecule has 25 heavy (non-hydrogen) atoms. The first-order valence-corrected chi connectivity index (χ1v) is 8.22. The lowest BCUT2D eigenvalue weighted by molar-refractivity contribution is -0.122. The first-order chi connectivity index (χ1) is 12.1. The van der Waals surface area contributed by atoms with E-state index < -0.39 is 6.10 Å². The average Bonchev–Trinajstić information content (AvgIpc) is 2.61. The number of fused-ring (bicyclic) bond motifs is 1. The highest BCUT2D eigenvalue weighted by Crippen LogP contribution is 2.32. The molecule has 3 rings (SSSR count). The quantitative estimate of drug-likeness (QED) is 0.874. The summed E-state index contributed by atoms with van der Waals surface area (Å²) in [5, 5.41) is 5.58. The van der Waals surface area contributed by atoms with E-state index in [9.17, 15) is 9.59 Å². The minimum atomic E-state index is -0.529. The van der Waals surface area contributed by atoms with Gasteiger partial charge in [0.25, 0.3) is 11.8 Å². The van der Waals surface area contributed by atoms with Gasteiger partial charge in [-0.1, -0.05) is 13.0 Å². The summed E-state index contributed by atoms with van der Waals surface area (Å²) in [5.74, 6) is 0.782. The molecule has 0 fully saturated rings. The average molecular weight is 340 g/mol. The molecule has 130 valence electrons. The van der Waals surface area contributed by atoms with Crippen molar-refractivity contribution in [1.82, 2.24) is 0 Å². The Kier molecular flexibility index (Phi) is 4.88. The van der Waals surface area contributed by atoms with Crippen molar-refractivity contribution in [2.24, 2.45) is 0 Å². The number of carbonyl (C=O) groups is 2. The van der Waals surface area contributed by atoms with Crippen molar-refractivity contribution in [3.63, 3.8) is 0 Å². The van der Waals surface area contributed by atoms with E-state index in [1.807, 2.05) is 13.0 Å². The summed E-state index contributed by atoms with van der Waals surface area (Å²) in [5.41, 5.74) is 1.61. The SMILES string of the molecule is CCCOc1cccc(C(=O)Nc2ccc3c(c2)NC(=O)[C@H](C)O3)c1. The Morgan fingerprint density at radius 2 is 2.12 bits per heavy atom. The fourth-order valence-electron chi connectivity index (χ4n) is 2.44. The standard InChI is InChI=1S/C19H20N2O4/c1-3-9-24-15-6-4-5-13(10-15)19(23)20-14-7-8-17-16(11-14)21-18(22)12(2)25-17/h4-8,10-12H,3,9H2,1-2H3,(H,20,23)(H,21,22)/t12-/m0/s1. The van der Waals surface area contributed by atoms with Gasteiger partial charge in [0, 0.05) is 11.3 Å². The van der Waals surface area contributed by atoms with E-state index >= 15 is 0 Å². The van der Waals surface area contributed by atoms with Crippen LogP contribution in [0.15, 0.2) is 42.5 Å². The number of nitrogens with one attached hydrogen (secondary N) is 2. The van der Waals surface area contributed by atoms with Crippen LogP contribution in [0.3, 0.4) is 0 Å². The van der Waals surface area contributed by atoms with E-state index in [1.54, 1.807) is 43.3 Å². The molecule has 1 aliphatic rings. The van der Waals surface area contributed by atoms with E-state index in [-0.39, 0.29) is 11.8 Å². The van der Waals surface area contributed by atoms with Crippen molar-refractivity contribution < 1.29 is 19.1 Å². The van der Waals surface area contributed by atoms with E-state index in [2.05, 4.69) is 10.6 Å². The van der Waals surface area contributed by atoms with Crippen LogP contribution in [0.1, 0.15) is 30.6 Å². The second kappa shape index (κ2) is 7.25. The molecule has 0 aromatic heterocycles. The van der Waals surface area contributed by atoms with Crippen LogP contribution in [0.4, 0.5) is 11.4 Å². The second-order valence-corrected chi connectivity index (χ2v) is 5.79. The van der Waals surface area contributed by atoms with E-state index in [4.69, 9.17) is 9.47 Å². The molecule has 0 aliphatic carbocycles. The van der Waals surface area contributed by atoms with Crippen molar-refractivity contribution in [2.75, 3.05) is 17.2 Å². The molecule has 2 N–H and O–H groups in total. The maximum atomic E-state index is 12.4. The third kappa shape index (κ3) is 3.91. The summed E-state index contributed by atoms with van der Waals surface area (Å²) in [6, 6.07) is 12.2.